The summed E-state index contributed by atoms with van der Waals surface area (Å²) in [4.78, 5) is 12.0. The van der Waals surface area contributed by atoms with E-state index in [2.05, 4.69) is 26.5 Å². The van der Waals surface area contributed by atoms with Gasteiger partial charge in [0.05, 0.1) is 18.4 Å². The molecule has 0 aliphatic carbocycles. The van der Waals surface area contributed by atoms with Crippen LogP contribution in [0.25, 0.3) is 0 Å². The van der Waals surface area contributed by atoms with Crippen molar-refractivity contribution in [3.05, 3.63) is 58.1 Å². The number of hydrazone groups is 1. The van der Waals surface area contributed by atoms with Crippen molar-refractivity contribution in [2.45, 2.75) is 6.92 Å². The second-order valence-electron chi connectivity index (χ2n) is 4.40. The maximum atomic E-state index is 12.0. The normalized spacial score (nSPS) is 10.6. The first kappa shape index (κ1) is 16.0. The van der Waals surface area contributed by atoms with Gasteiger partial charge in [0.15, 0.2) is 0 Å². The number of nitrogen functional groups attached to an aromatic ring is 1. The van der Waals surface area contributed by atoms with E-state index in [0.717, 1.165) is 10.0 Å². The van der Waals surface area contributed by atoms with Crippen LogP contribution in [0.1, 0.15) is 22.8 Å². The SMILES string of the molecule is CCOc1ccc(Br)cc1/C=N/NC(=O)c1ccccc1N. The van der Waals surface area contributed by atoms with Gasteiger partial charge in [-0.1, -0.05) is 28.1 Å². The Kier molecular flexibility index (Phi) is 5.55. The van der Waals surface area contributed by atoms with E-state index in [1.807, 2.05) is 25.1 Å². The first-order valence-electron chi connectivity index (χ1n) is 6.72. The van der Waals surface area contributed by atoms with Crippen LogP contribution < -0.4 is 15.9 Å². The Labute approximate surface area is 137 Å². The van der Waals surface area contributed by atoms with Crippen LogP contribution in [-0.4, -0.2) is 18.7 Å². The standard InChI is InChI=1S/C16H16BrN3O2/c1-2-22-15-8-7-12(17)9-11(15)10-19-20-16(21)13-5-3-4-6-14(13)18/h3-10H,2,18H2,1H3,(H,20,21)/b19-10+. The fourth-order valence-corrected chi connectivity index (χ4v) is 2.21. The summed E-state index contributed by atoms with van der Waals surface area (Å²) in [6, 6.07) is 12.4. The number of para-hydroxylation sites is 1. The Hall–Kier alpha value is -2.34. The molecule has 5 nitrogen and oxygen atoms in total. The third kappa shape index (κ3) is 4.08. The molecule has 6 heteroatoms. The number of carbonyl (C=O) groups is 1. The number of nitrogens with two attached hydrogens (primary N) is 1. The maximum Gasteiger partial charge on any atom is 0.273 e. The van der Waals surface area contributed by atoms with Gasteiger partial charge in [0, 0.05) is 15.7 Å². The number of rotatable bonds is 5. The predicted molar refractivity (Wildman–Crippen MR) is 91.2 cm³/mol. The second-order valence-corrected chi connectivity index (χ2v) is 5.32. The molecule has 0 aliphatic heterocycles. The molecule has 0 heterocycles. The minimum Gasteiger partial charge on any atom is -0.493 e. The fourth-order valence-electron chi connectivity index (χ4n) is 1.83. The molecule has 2 aromatic carbocycles. The molecule has 0 fully saturated rings. The van der Waals surface area contributed by atoms with Crippen molar-refractivity contribution in [1.82, 2.24) is 5.43 Å². The van der Waals surface area contributed by atoms with Gasteiger partial charge in [0.2, 0.25) is 0 Å². The second kappa shape index (κ2) is 7.61. The first-order valence-corrected chi connectivity index (χ1v) is 7.51. The highest BCUT2D eigenvalue weighted by Crippen LogP contribution is 2.21. The predicted octanol–water partition coefficient (Wildman–Crippen LogP) is 3.19. The van der Waals surface area contributed by atoms with Crippen LogP contribution in [0, 0.1) is 0 Å². The number of amides is 1. The van der Waals surface area contributed by atoms with Crippen LogP contribution in [-0.2, 0) is 0 Å². The highest BCUT2D eigenvalue weighted by Gasteiger charge is 2.07. The van der Waals surface area contributed by atoms with Crippen LogP contribution in [0.3, 0.4) is 0 Å². The molecule has 0 aliphatic rings. The fraction of sp³-hybridized carbons (Fsp3) is 0.125. The van der Waals surface area contributed by atoms with Gasteiger partial charge in [-0.05, 0) is 37.3 Å². The van der Waals surface area contributed by atoms with Gasteiger partial charge in [-0.15, -0.1) is 0 Å². The molecule has 0 unspecified atom stereocenters. The van der Waals surface area contributed by atoms with Crippen LogP contribution in [0.2, 0.25) is 0 Å². The number of carbonyl (C=O) groups excluding carboxylic acids is 1. The average molecular weight is 362 g/mol. The lowest BCUT2D eigenvalue weighted by molar-refractivity contribution is 0.0956. The Bertz CT molecular complexity index is 702. The van der Waals surface area contributed by atoms with Gasteiger partial charge < -0.3 is 10.5 Å². The van der Waals surface area contributed by atoms with E-state index in [9.17, 15) is 4.79 Å². The summed E-state index contributed by atoms with van der Waals surface area (Å²) in [5, 5.41) is 3.96. The summed E-state index contributed by atoms with van der Waals surface area (Å²) in [5.41, 5.74) is 9.77. The van der Waals surface area contributed by atoms with Crippen LogP contribution in [0.5, 0.6) is 5.75 Å². The first-order chi connectivity index (χ1) is 10.6. The molecule has 114 valence electrons. The summed E-state index contributed by atoms with van der Waals surface area (Å²) in [7, 11) is 0. The largest absolute Gasteiger partial charge is 0.493 e. The summed E-state index contributed by atoms with van der Waals surface area (Å²) < 4.78 is 6.41. The zero-order valence-corrected chi connectivity index (χ0v) is 13.6. The number of benzene rings is 2. The lowest BCUT2D eigenvalue weighted by Crippen LogP contribution is -2.19. The lowest BCUT2D eigenvalue weighted by Gasteiger charge is -2.07. The van der Waals surface area contributed by atoms with Gasteiger partial charge >= 0.3 is 0 Å². The minimum atomic E-state index is -0.359. The van der Waals surface area contributed by atoms with Gasteiger partial charge in [0.25, 0.3) is 5.91 Å². The molecule has 0 aromatic heterocycles. The zero-order chi connectivity index (χ0) is 15.9. The molecule has 0 radical (unpaired) electrons. The van der Waals surface area contributed by atoms with Crippen LogP contribution in [0.15, 0.2) is 52.0 Å². The highest BCUT2D eigenvalue weighted by atomic mass is 79.9. The molecule has 2 rings (SSSR count). The topological polar surface area (TPSA) is 76.7 Å². The molecular weight excluding hydrogens is 346 g/mol. The number of nitrogens with zero attached hydrogens (tertiary/aromatic N) is 1. The Morgan fingerprint density at radius 3 is 2.86 bits per heavy atom. The van der Waals surface area contributed by atoms with Crippen LogP contribution in [0.4, 0.5) is 5.69 Å². The molecule has 1 amide bonds. The average Bonchev–Trinajstić information content (AvgIpc) is 2.50. The number of hydrogen-bond donors (Lipinski definition) is 2. The molecular formula is C16H16BrN3O2. The molecule has 0 bridgehead atoms. The van der Waals surface area contributed by atoms with Gasteiger partial charge in [-0.2, -0.15) is 5.10 Å². The Morgan fingerprint density at radius 1 is 1.36 bits per heavy atom. The van der Waals surface area contributed by atoms with Crippen molar-refractivity contribution in [3.8, 4) is 5.75 Å². The summed E-state index contributed by atoms with van der Waals surface area (Å²) in [6.45, 7) is 2.46. The van der Waals surface area contributed by atoms with E-state index in [0.29, 0.717) is 23.6 Å². The molecule has 0 saturated heterocycles. The zero-order valence-electron chi connectivity index (χ0n) is 12.0. The highest BCUT2D eigenvalue weighted by molar-refractivity contribution is 9.10. The Balaban J connectivity index is 2.11. The van der Waals surface area contributed by atoms with Gasteiger partial charge in [0.1, 0.15) is 5.75 Å². The van der Waals surface area contributed by atoms with E-state index in [4.69, 9.17) is 10.5 Å². The monoisotopic (exact) mass is 361 g/mol. The van der Waals surface area contributed by atoms with E-state index >= 15 is 0 Å². The minimum absolute atomic E-state index is 0.359. The number of nitrogens with one attached hydrogen (secondary N) is 1. The van der Waals surface area contributed by atoms with Crippen LogP contribution >= 0.6 is 15.9 Å². The van der Waals surface area contributed by atoms with Crippen molar-refractivity contribution in [3.63, 3.8) is 0 Å². The summed E-state index contributed by atoms with van der Waals surface area (Å²) >= 11 is 3.39. The van der Waals surface area contributed by atoms with Gasteiger partial charge in [-0.25, -0.2) is 5.43 Å². The molecule has 3 N–H and O–H groups in total. The number of ether oxygens (including phenoxy) is 1. The number of hydrogen-bond acceptors (Lipinski definition) is 4. The van der Waals surface area contributed by atoms with Crippen molar-refractivity contribution in [1.29, 1.82) is 0 Å². The number of anilines is 1. The third-order valence-electron chi connectivity index (χ3n) is 2.85. The quantitative estimate of drug-likeness (QED) is 0.487. The molecule has 0 spiro atoms. The van der Waals surface area contributed by atoms with Crippen molar-refractivity contribution < 1.29 is 9.53 Å². The van der Waals surface area contributed by atoms with E-state index in [1.165, 1.54) is 6.21 Å². The smallest absolute Gasteiger partial charge is 0.273 e. The van der Waals surface area contributed by atoms with E-state index in [-0.39, 0.29) is 5.91 Å². The molecule has 0 saturated carbocycles. The lowest BCUT2D eigenvalue weighted by atomic mass is 10.2. The number of halogens is 1. The van der Waals surface area contributed by atoms with E-state index < -0.39 is 0 Å². The van der Waals surface area contributed by atoms with Crippen molar-refractivity contribution in [2.75, 3.05) is 12.3 Å². The van der Waals surface area contributed by atoms with Crippen molar-refractivity contribution in [2.24, 2.45) is 5.10 Å². The Morgan fingerprint density at radius 2 is 2.14 bits per heavy atom. The molecule has 22 heavy (non-hydrogen) atoms. The summed E-state index contributed by atoms with van der Waals surface area (Å²) in [5.74, 6) is 0.338. The third-order valence-corrected chi connectivity index (χ3v) is 3.34. The maximum absolute atomic E-state index is 12.0. The van der Waals surface area contributed by atoms with E-state index in [1.54, 1.807) is 24.3 Å². The summed E-state index contributed by atoms with van der Waals surface area (Å²) in [6.07, 6.45) is 1.53. The molecule has 2 aromatic rings. The molecule has 0 atom stereocenters. The van der Waals surface area contributed by atoms with Crippen molar-refractivity contribution >= 4 is 33.7 Å². The van der Waals surface area contributed by atoms with Gasteiger partial charge in [-0.3, -0.25) is 4.79 Å².